The van der Waals surface area contributed by atoms with E-state index in [0.29, 0.717) is 0 Å². The fourth-order valence-corrected chi connectivity index (χ4v) is 3.01. The highest BCUT2D eigenvalue weighted by Crippen LogP contribution is 2.26. The van der Waals surface area contributed by atoms with E-state index in [0.717, 1.165) is 16.9 Å². The van der Waals surface area contributed by atoms with Crippen molar-refractivity contribution < 1.29 is 9.59 Å². The smallest absolute Gasteiger partial charge is 0.252 e. The lowest BCUT2D eigenvalue weighted by Gasteiger charge is -2.18. The molecule has 122 valence electrons. The summed E-state index contributed by atoms with van der Waals surface area (Å²) in [6, 6.07) is 12.4. The van der Waals surface area contributed by atoms with Gasteiger partial charge in [-0.3, -0.25) is 25.8 Å². The summed E-state index contributed by atoms with van der Waals surface area (Å²) in [5, 5.41) is 5.26. The van der Waals surface area contributed by atoms with Gasteiger partial charge in [0.2, 0.25) is 5.91 Å². The lowest BCUT2D eigenvalue weighted by Crippen LogP contribution is -2.45. The lowest BCUT2D eigenvalue weighted by atomic mass is 10.0. The molecule has 2 aromatic rings. The first-order valence-corrected chi connectivity index (χ1v) is 8.39. The number of carbonyl (C=O) groups is 2. The Hall–Kier alpha value is -2.18. The second kappa shape index (κ2) is 8.45. The van der Waals surface area contributed by atoms with Crippen LogP contribution in [0.2, 0.25) is 0 Å². The van der Waals surface area contributed by atoms with Gasteiger partial charge in [-0.1, -0.05) is 37.3 Å². The third-order valence-electron chi connectivity index (χ3n) is 3.39. The fourth-order valence-electron chi connectivity index (χ4n) is 2.18. The van der Waals surface area contributed by atoms with Crippen LogP contribution in [0.15, 0.2) is 41.8 Å². The highest BCUT2D eigenvalue weighted by molar-refractivity contribution is 7.10. The first-order valence-electron chi connectivity index (χ1n) is 7.51. The SMILES string of the molecule is CCc1ccc([C@@H](NCC(=O)NNC(C)=O)c2cccs2)cc1. The molecule has 0 saturated heterocycles. The molecule has 1 aromatic carbocycles. The van der Waals surface area contributed by atoms with Crippen molar-refractivity contribution in [3.05, 3.63) is 57.8 Å². The number of benzene rings is 1. The Labute approximate surface area is 140 Å². The van der Waals surface area contributed by atoms with Gasteiger partial charge in [0.1, 0.15) is 0 Å². The quantitative estimate of drug-likeness (QED) is 0.711. The van der Waals surface area contributed by atoms with Gasteiger partial charge in [-0.05, 0) is 29.0 Å². The van der Waals surface area contributed by atoms with Gasteiger partial charge in [-0.2, -0.15) is 0 Å². The van der Waals surface area contributed by atoms with Crippen LogP contribution in [0, 0.1) is 0 Å². The second-order valence-electron chi connectivity index (χ2n) is 5.15. The Morgan fingerprint density at radius 2 is 1.87 bits per heavy atom. The lowest BCUT2D eigenvalue weighted by molar-refractivity contribution is -0.127. The number of hydrogen-bond acceptors (Lipinski definition) is 4. The highest BCUT2D eigenvalue weighted by atomic mass is 32.1. The van der Waals surface area contributed by atoms with E-state index in [1.807, 2.05) is 17.5 Å². The molecule has 2 rings (SSSR count). The molecule has 0 aliphatic rings. The van der Waals surface area contributed by atoms with Crippen molar-refractivity contribution in [1.29, 1.82) is 0 Å². The number of rotatable bonds is 6. The van der Waals surface area contributed by atoms with Crippen LogP contribution in [0.5, 0.6) is 0 Å². The molecule has 6 heteroatoms. The minimum absolute atomic E-state index is 0.0519. The van der Waals surface area contributed by atoms with Crippen molar-refractivity contribution in [2.45, 2.75) is 26.3 Å². The number of aryl methyl sites for hydroxylation is 1. The van der Waals surface area contributed by atoms with Crippen molar-refractivity contribution in [3.8, 4) is 0 Å². The Bertz CT molecular complexity index is 638. The third-order valence-corrected chi connectivity index (χ3v) is 4.33. The van der Waals surface area contributed by atoms with Crippen LogP contribution in [0.3, 0.4) is 0 Å². The standard InChI is InChI=1S/C17H21N3O2S/c1-3-13-6-8-14(9-7-13)17(15-5-4-10-23-15)18-11-16(22)20-19-12(2)21/h4-10,17-18H,3,11H2,1-2H3,(H,19,21)(H,20,22)/t17-/m1/s1. The number of hydrazine groups is 1. The summed E-state index contributed by atoms with van der Waals surface area (Å²) in [4.78, 5) is 23.7. The normalized spacial score (nSPS) is 11.7. The molecule has 1 heterocycles. The minimum atomic E-state index is -0.302. The predicted molar refractivity (Wildman–Crippen MR) is 91.9 cm³/mol. The zero-order valence-corrected chi connectivity index (χ0v) is 14.1. The highest BCUT2D eigenvalue weighted by Gasteiger charge is 2.16. The molecule has 5 nitrogen and oxygen atoms in total. The molecule has 0 spiro atoms. The number of nitrogens with one attached hydrogen (secondary N) is 3. The molecule has 0 saturated carbocycles. The maximum Gasteiger partial charge on any atom is 0.252 e. The van der Waals surface area contributed by atoms with Gasteiger partial charge in [0.15, 0.2) is 0 Å². The second-order valence-corrected chi connectivity index (χ2v) is 6.13. The minimum Gasteiger partial charge on any atom is -0.297 e. The molecule has 1 atom stereocenters. The van der Waals surface area contributed by atoms with Gasteiger partial charge in [0.05, 0.1) is 12.6 Å². The van der Waals surface area contributed by atoms with E-state index in [4.69, 9.17) is 0 Å². The van der Waals surface area contributed by atoms with E-state index in [2.05, 4.69) is 47.4 Å². The molecular weight excluding hydrogens is 310 g/mol. The van der Waals surface area contributed by atoms with Gasteiger partial charge in [0, 0.05) is 11.8 Å². The van der Waals surface area contributed by atoms with Crippen LogP contribution in [-0.4, -0.2) is 18.4 Å². The van der Waals surface area contributed by atoms with Crippen molar-refractivity contribution >= 4 is 23.2 Å². The van der Waals surface area contributed by atoms with Gasteiger partial charge in [-0.15, -0.1) is 11.3 Å². The van der Waals surface area contributed by atoms with E-state index >= 15 is 0 Å². The van der Waals surface area contributed by atoms with Crippen molar-refractivity contribution in [3.63, 3.8) is 0 Å². The van der Waals surface area contributed by atoms with Crippen LogP contribution in [0.1, 0.15) is 35.9 Å². The van der Waals surface area contributed by atoms with E-state index in [1.165, 1.54) is 12.5 Å². The van der Waals surface area contributed by atoms with Crippen molar-refractivity contribution in [2.24, 2.45) is 0 Å². The molecule has 0 aliphatic carbocycles. The largest absolute Gasteiger partial charge is 0.297 e. The first kappa shape index (κ1) is 17.2. The molecule has 0 aliphatic heterocycles. The fraction of sp³-hybridized carbons (Fsp3) is 0.294. The van der Waals surface area contributed by atoms with E-state index in [-0.39, 0.29) is 24.4 Å². The third kappa shape index (κ3) is 5.19. The maximum absolute atomic E-state index is 11.8. The molecule has 1 aromatic heterocycles. The summed E-state index contributed by atoms with van der Waals surface area (Å²) < 4.78 is 0. The summed E-state index contributed by atoms with van der Waals surface area (Å²) in [5.74, 6) is -0.588. The molecule has 0 fully saturated rings. The Morgan fingerprint density at radius 1 is 1.13 bits per heavy atom. The summed E-state index contributed by atoms with van der Waals surface area (Å²) in [6.45, 7) is 3.58. The monoisotopic (exact) mass is 331 g/mol. The number of hydrogen-bond donors (Lipinski definition) is 3. The Balaban J connectivity index is 2.06. The van der Waals surface area contributed by atoms with Gasteiger partial charge >= 0.3 is 0 Å². The predicted octanol–water partition coefficient (Wildman–Crippen LogP) is 2.16. The van der Waals surface area contributed by atoms with Crippen LogP contribution in [-0.2, 0) is 16.0 Å². The number of thiophene rings is 1. The molecule has 0 radical (unpaired) electrons. The number of carbonyl (C=O) groups excluding carboxylic acids is 2. The van der Waals surface area contributed by atoms with Crippen LogP contribution >= 0.6 is 11.3 Å². The van der Waals surface area contributed by atoms with Crippen LogP contribution < -0.4 is 16.2 Å². The maximum atomic E-state index is 11.8. The summed E-state index contributed by atoms with van der Waals surface area (Å²) >= 11 is 1.64. The zero-order valence-electron chi connectivity index (χ0n) is 13.3. The molecule has 2 amide bonds. The molecule has 23 heavy (non-hydrogen) atoms. The Morgan fingerprint density at radius 3 is 2.43 bits per heavy atom. The topological polar surface area (TPSA) is 70.2 Å². The summed E-state index contributed by atoms with van der Waals surface area (Å²) in [5.41, 5.74) is 7.03. The van der Waals surface area contributed by atoms with Gasteiger partial charge in [-0.25, -0.2) is 0 Å². The zero-order chi connectivity index (χ0) is 16.7. The first-order chi connectivity index (χ1) is 11.1. The van der Waals surface area contributed by atoms with Crippen molar-refractivity contribution in [1.82, 2.24) is 16.2 Å². The van der Waals surface area contributed by atoms with E-state index < -0.39 is 0 Å². The van der Waals surface area contributed by atoms with Crippen LogP contribution in [0.4, 0.5) is 0 Å². The van der Waals surface area contributed by atoms with Gasteiger partial charge < -0.3 is 0 Å². The number of amides is 2. The Kier molecular flexibility index (Phi) is 6.31. The average Bonchev–Trinajstić information content (AvgIpc) is 3.08. The average molecular weight is 331 g/mol. The molecule has 0 unspecified atom stereocenters. The molecule has 3 N–H and O–H groups in total. The van der Waals surface area contributed by atoms with Crippen LogP contribution in [0.25, 0.3) is 0 Å². The van der Waals surface area contributed by atoms with E-state index in [9.17, 15) is 9.59 Å². The van der Waals surface area contributed by atoms with E-state index in [1.54, 1.807) is 11.3 Å². The molecule has 0 bridgehead atoms. The summed E-state index contributed by atoms with van der Waals surface area (Å²) in [6.07, 6.45) is 0.997. The summed E-state index contributed by atoms with van der Waals surface area (Å²) in [7, 11) is 0. The van der Waals surface area contributed by atoms with Crippen molar-refractivity contribution in [2.75, 3.05) is 6.54 Å². The van der Waals surface area contributed by atoms with Gasteiger partial charge in [0.25, 0.3) is 5.91 Å². The molecular formula is C17H21N3O2S.